The molecule has 0 spiro atoms. The van der Waals surface area contributed by atoms with E-state index in [9.17, 15) is 0 Å². The number of rotatable bonds is 4. The lowest BCUT2D eigenvalue weighted by Gasteiger charge is -2.05. The molecular formula is C11H15N3O. The van der Waals surface area contributed by atoms with Crippen LogP contribution in [0.3, 0.4) is 0 Å². The van der Waals surface area contributed by atoms with Gasteiger partial charge in [-0.3, -0.25) is 0 Å². The van der Waals surface area contributed by atoms with Crippen LogP contribution in [0.25, 0.3) is 11.4 Å². The van der Waals surface area contributed by atoms with Crippen molar-refractivity contribution in [1.29, 1.82) is 0 Å². The summed E-state index contributed by atoms with van der Waals surface area (Å²) in [5.74, 6) is 0.851. The first-order valence-electron chi connectivity index (χ1n) is 5.05. The molecule has 15 heavy (non-hydrogen) atoms. The highest BCUT2D eigenvalue weighted by molar-refractivity contribution is 5.52. The minimum Gasteiger partial charge on any atom is -0.472 e. The van der Waals surface area contributed by atoms with E-state index in [0.29, 0.717) is 6.04 Å². The average molecular weight is 205 g/mol. The van der Waals surface area contributed by atoms with Crippen molar-refractivity contribution in [2.24, 2.45) is 0 Å². The van der Waals surface area contributed by atoms with Gasteiger partial charge in [-0.15, -0.1) is 0 Å². The zero-order valence-electron chi connectivity index (χ0n) is 8.95. The summed E-state index contributed by atoms with van der Waals surface area (Å²) in [6.45, 7) is 5.04. The van der Waals surface area contributed by atoms with Crippen LogP contribution in [0.2, 0.25) is 0 Å². The van der Waals surface area contributed by atoms with Crippen LogP contribution in [0.5, 0.6) is 0 Å². The van der Waals surface area contributed by atoms with E-state index in [4.69, 9.17) is 4.42 Å². The fraction of sp³-hybridized carbons (Fsp3) is 0.364. The molecule has 80 valence electrons. The lowest BCUT2D eigenvalue weighted by Crippen LogP contribution is -2.21. The van der Waals surface area contributed by atoms with Gasteiger partial charge < -0.3 is 14.7 Å². The van der Waals surface area contributed by atoms with E-state index in [1.54, 1.807) is 12.5 Å². The molecule has 0 radical (unpaired) electrons. The molecule has 4 nitrogen and oxygen atoms in total. The molecule has 0 saturated carbocycles. The van der Waals surface area contributed by atoms with Crippen LogP contribution in [0.15, 0.2) is 29.2 Å². The Morgan fingerprint density at radius 3 is 3.07 bits per heavy atom. The number of hydrogen-bond donors (Lipinski definition) is 2. The van der Waals surface area contributed by atoms with E-state index < -0.39 is 0 Å². The van der Waals surface area contributed by atoms with Gasteiger partial charge in [0.05, 0.1) is 11.8 Å². The summed E-state index contributed by atoms with van der Waals surface area (Å²) < 4.78 is 5.00. The van der Waals surface area contributed by atoms with Crippen molar-refractivity contribution < 1.29 is 4.42 Å². The number of hydrogen-bond acceptors (Lipinski definition) is 3. The topological polar surface area (TPSA) is 53.9 Å². The normalized spacial score (nSPS) is 11.1. The third-order valence-corrected chi connectivity index (χ3v) is 2.12. The minimum absolute atomic E-state index is 0.477. The Bertz CT molecular complexity index is 403. The van der Waals surface area contributed by atoms with Gasteiger partial charge in [0, 0.05) is 24.5 Å². The van der Waals surface area contributed by atoms with Gasteiger partial charge in [-0.25, -0.2) is 4.98 Å². The van der Waals surface area contributed by atoms with E-state index in [1.807, 2.05) is 12.3 Å². The number of imidazole rings is 1. The molecule has 0 atom stereocenters. The molecule has 0 aliphatic heterocycles. The molecule has 0 aromatic carbocycles. The predicted molar refractivity (Wildman–Crippen MR) is 58.3 cm³/mol. The third kappa shape index (κ3) is 2.47. The molecule has 2 heterocycles. The van der Waals surface area contributed by atoms with Crippen LogP contribution in [0.4, 0.5) is 0 Å². The molecule has 0 aliphatic carbocycles. The van der Waals surface area contributed by atoms with Crippen LogP contribution >= 0.6 is 0 Å². The quantitative estimate of drug-likeness (QED) is 0.804. The van der Waals surface area contributed by atoms with E-state index in [-0.39, 0.29) is 0 Å². The average Bonchev–Trinajstić information content (AvgIpc) is 2.85. The Balaban J connectivity index is 2.04. The van der Waals surface area contributed by atoms with Crippen LogP contribution in [0.1, 0.15) is 19.5 Å². The summed E-state index contributed by atoms with van der Waals surface area (Å²) in [6, 6.07) is 2.36. The lowest BCUT2D eigenvalue weighted by molar-refractivity contribution is 0.568. The summed E-state index contributed by atoms with van der Waals surface area (Å²) in [5, 5.41) is 3.33. The van der Waals surface area contributed by atoms with Crippen molar-refractivity contribution >= 4 is 0 Å². The van der Waals surface area contributed by atoms with Crippen molar-refractivity contribution in [3.05, 3.63) is 30.5 Å². The number of aromatic amines is 1. The zero-order valence-corrected chi connectivity index (χ0v) is 8.95. The Morgan fingerprint density at radius 1 is 1.53 bits per heavy atom. The Kier molecular flexibility index (Phi) is 2.87. The van der Waals surface area contributed by atoms with Gasteiger partial charge >= 0.3 is 0 Å². The van der Waals surface area contributed by atoms with Crippen LogP contribution in [-0.4, -0.2) is 16.0 Å². The van der Waals surface area contributed by atoms with Gasteiger partial charge in [-0.05, 0) is 6.07 Å². The largest absolute Gasteiger partial charge is 0.472 e. The fourth-order valence-corrected chi connectivity index (χ4v) is 1.31. The molecule has 0 fully saturated rings. The summed E-state index contributed by atoms with van der Waals surface area (Å²) in [4.78, 5) is 7.52. The molecule has 2 rings (SSSR count). The highest BCUT2D eigenvalue weighted by atomic mass is 16.3. The smallest absolute Gasteiger partial charge is 0.140 e. The maximum Gasteiger partial charge on any atom is 0.140 e. The maximum absolute atomic E-state index is 5.00. The third-order valence-electron chi connectivity index (χ3n) is 2.12. The van der Waals surface area contributed by atoms with E-state index in [2.05, 4.69) is 29.1 Å². The predicted octanol–water partition coefficient (Wildman–Crippen LogP) is 2.17. The molecule has 0 bridgehead atoms. The molecule has 2 aromatic rings. The molecular weight excluding hydrogens is 190 g/mol. The maximum atomic E-state index is 5.00. The van der Waals surface area contributed by atoms with E-state index >= 15 is 0 Å². The first kappa shape index (κ1) is 9.98. The molecule has 2 N–H and O–H groups in total. The highest BCUT2D eigenvalue weighted by Crippen LogP contribution is 2.15. The second-order valence-electron chi connectivity index (χ2n) is 3.80. The number of nitrogens with zero attached hydrogens (tertiary/aromatic N) is 1. The SMILES string of the molecule is CC(C)NCc1cnc(-c2ccoc2)[nH]1. The van der Waals surface area contributed by atoms with Crippen molar-refractivity contribution in [3.8, 4) is 11.4 Å². The highest BCUT2D eigenvalue weighted by Gasteiger charge is 2.04. The van der Waals surface area contributed by atoms with Crippen LogP contribution < -0.4 is 5.32 Å². The molecule has 2 aromatic heterocycles. The summed E-state index contributed by atoms with van der Waals surface area (Å²) in [6.07, 6.45) is 5.17. The Hall–Kier alpha value is -1.55. The zero-order chi connectivity index (χ0) is 10.7. The Labute approximate surface area is 88.7 Å². The number of nitrogens with one attached hydrogen (secondary N) is 2. The second kappa shape index (κ2) is 4.31. The van der Waals surface area contributed by atoms with Gasteiger partial charge in [-0.2, -0.15) is 0 Å². The number of aromatic nitrogens is 2. The Morgan fingerprint density at radius 2 is 2.40 bits per heavy atom. The number of H-pyrrole nitrogens is 1. The van der Waals surface area contributed by atoms with Crippen LogP contribution in [-0.2, 0) is 6.54 Å². The van der Waals surface area contributed by atoms with Gasteiger partial charge in [0.2, 0.25) is 0 Å². The fourth-order valence-electron chi connectivity index (χ4n) is 1.31. The van der Waals surface area contributed by atoms with Crippen molar-refractivity contribution in [2.75, 3.05) is 0 Å². The van der Waals surface area contributed by atoms with Gasteiger partial charge in [0.25, 0.3) is 0 Å². The van der Waals surface area contributed by atoms with Crippen molar-refractivity contribution in [2.45, 2.75) is 26.4 Å². The standard InChI is InChI=1S/C11H15N3O/c1-8(2)12-5-10-6-13-11(14-10)9-3-4-15-7-9/h3-4,6-8,12H,5H2,1-2H3,(H,13,14). The first-order valence-corrected chi connectivity index (χ1v) is 5.05. The summed E-state index contributed by atoms with van der Waals surface area (Å²) in [7, 11) is 0. The lowest BCUT2D eigenvalue weighted by atomic mass is 10.3. The summed E-state index contributed by atoms with van der Waals surface area (Å²) in [5.41, 5.74) is 2.06. The molecule has 0 amide bonds. The molecule has 4 heteroatoms. The molecule has 0 saturated heterocycles. The van der Waals surface area contributed by atoms with Gasteiger partial charge in [0.1, 0.15) is 12.1 Å². The monoisotopic (exact) mass is 205 g/mol. The minimum atomic E-state index is 0.477. The summed E-state index contributed by atoms with van der Waals surface area (Å²) >= 11 is 0. The first-order chi connectivity index (χ1) is 7.25. The molecule has 0 aliphatic rings. The van der Waals surface area contributed by atoms with Gasteiger partial charge in [0.15, 0.2) is 0 Å². The van der Waals surface area contributed by atoms with E-state index in [1.165, 1.54) is 0 Å². The molecule has 0 unspecified atom stereocenters. The van der Waals surface area contributed by atoms with E-state index in [0.717, 1.165) is 23.6 Å². The van der Waals surface area contributed by atoms with Crippen molar-refractivity contribution in [3.63, 3.8) is 0 Å². The van der Waals surface area contributed by atoms with Crippen LogP contribution in [0, 0.1) is 0 Å². The number of furan rings is 1. The van der Waals surface area contributed by atoms with Crippen molar-refractivity contribution in [1.82, 2.24) is 15.3 Å². The second-order valence-corrected chi connectivity index (χ2v) is 3.80. The van der Waals surface area contributed by atoms with Gasteiger partial charge in [-0.1, -0.05) is 13.8 Å².